The average Bonchev–Trinajstić information content (AvgIpc) is 2.58. The molecule has 1 aromatic heterocycles. The minimum atomic E-state index is -1.04. The number of nitrogens with zero attached hydrogens (tertiary/aromatic N) is 2. The minimum absolute atomic E-state index is 0.0422. The molecule has 0 aromatic carbocycles. The van der Waals surface area contributed by atoms with E-state index in [1.165, 1.54) is 10.9 Å². The highest BCUT2D eigenvalue weighted by Gasteiger charge is 2.20. The van der Waals surface area contributed by atoms with Crippen molar-refractivity contribution < 1.29 is 14.7 Å². The first kappa shape index (κ1) is 13.2. The lowest BCUT2D eigenvalue weighted by atomic mass is 10.2. The lowest BCUT2D eigenvalue weighted by Crippen LogP contribution is -2.35. The van der Waals surface area contributed by atoms with Crippen molar-refractivity contribution in [1.29, 1.82) is 0 Å². The zero-order valence-corrected chi connectivity index (χ0v) is 10.4. The summed E-state index contributed by atoms with van der Waals surface area (Å²) in [4.78, 5) is 22.6. The Morgan fingerprint density at radius 3 is 2.41 bits per heavy atom. The molecule has 0 aliphatic rings. The van der Waals surface area contributed by atoms with E-state index in [1.807, 2.05) is 13.8 Å². The Bertz CT molecular complexity index is 437. The number of amides is 1. The molecule has 1 rings (SSSR count). The number of carbonyl (C=O) groups excluding carboxylic acids is 1. The predicted molar refractivity (Wildman–Crippen MR) is 61.9 cm³/mol. The van der Waals surface area contributed by atoms with Crippen LogP contribution < -0.4 is 5.32 Å². The quantitative estimate of drug-likeness (QED) is 0.820. The SMILES string of the molecule is Cc1nn(C(C)C(=O)NC(C)C)cc1C(=O)O. The first-order valence-corrected chi connectivity index (χ1v) is 5.42. The Kier molecular flexibility index (Phi) is 3.88. The van der Waals surface area contributed by atoms with Crippen LogP contribution in [0, 0.1) is 6.92 Å². The highest BCUT2D eigenvalue weighted by Crippen LogP contribution is 2.11. The van der Waals surface area contributed by atoms with Crippen LogP contribution in [0.3, 0.4) is 0 Å². The number of rotatable bonds is 4. The lowest BCUT2D eigenvalue weighted by Gasteiger charge is -2.14. The van der Waals surface area contributed by atoms with Crippen LogP contribution in [0.1, 0.15) is 42.9 Å². The van der Waals surface area contributed by atoms with E-state index in [0.717, 1.165) is 0 Å². The van der Waals surface area contributed by atoms with Crippen molar-refractivity contribution >= 4 is 11.9 Å². The van der Waals surface area contributed by atoms with Crippen LogP contribution in [-0.2, 0) is 4.79 Å². The van der Waals surface area contributed by atoms with Crippen molar-refractivity contribution in [2.75, 3.05) is 0 Å². The smallest absolute Gasteiger partial charge is 0.339 e. The first-order valence-electron chi connectivity index (χ1n) is 5.42. The number of carbonyl (C=O) groups is 2. The van der Waals surface area contributed by atoms with Crippen molar-refractivity contribution in [1.82, 2.24) is 15.1 Å². The third-order valence-electron chi connectivity index (χ3n) is 2.35. The molecule has 1 atom stereocenters. The molecule has 0 spiro atoms. The molecule has 0 saturated heterocycles. The van der Waals surface area contributed by atoms with E-state index in [9.17, 15) is 9.59 Å². The maximum absolute atomic E-state index is 11.7. The van der Waals surface area contributed by atoms with Crippen molar-refractivity contribution in [3.05, 3.63) is 17.5 Å². The number of aromatic nitrogens is 2. The number of hydrogen-bond donors (Lipinski definition) is 2. The number of aryl methyl sites for hydroxylation is 1. The zero-order chi connectivity index (χ0) is 13.2. The number of aromatic carboxylic acids is 1. The van der Waals surface area contributed by atoms with E-state index >= 15 is 0 Å². The molecular formula is C11H17N3O3. The fourth-order valence-corrected chi connectivity index (χ4v) is 1.42. The van der Waals surface area contributed by atoms with E-state index in [0.29, 0.717) is 5.69 Å². The molecule has 0 aliphatic carbocycles. The first-order chi connectivity index (χ1) is 7.82. The summed E-state index contributed by atoms with van der Waals surface area (Å²) >= 11 is 0. The van der Waals surface area contributed by atoms with Crippen molar-refractivity contribution in [2.24, 2.45) is 0 Å². The fraction of sp³-hybridized carbons (Fsp3) is 0.545. The number of carboxylic acid groups (broad SMARTS) is 1. The van der Waals surface area contributed by atoms with Crippen LogP contribution in [0.4, 0.5) is 0 Å². The van der Waals surface area contributed by atoms with Crippen molar-refractivity contribution in [3.8, 4) is 0 Å². The van der Waals surface area contributed by atoms with Gasteiger partial charge in [-0.1, -0.05) is 0 Å². The van der Waals surface area contributed by atoms with Gasteiger partial charge < -0.3 is 10.4 Å². The molecule has 1 unspecified atom stereocenters. The van der Waals surface area contributed by atoms with Crippen LogP contribution in [0.5, 0.6) is 0 Å². The maximum atomic E-state index is 11.7. The molecule has 6 nitrogen and oxygen atoms in total. The second-order valence-electron chi connectivity index (χ2n) is 4.25. The van der Waals surface area contributed by atoms with E-state index in [-0.39, 0.29) is 17.5 Å². The van der Waals surface area contributed by atoms with Gasteiger partial charge in [0.05, 0.1) is 5.69 Å². The summed E-state index contributed by atoms with van der Waals surface area (Å²) in [5.41, 5.74) is 0.524. The van der Waals surface area contributed by atoms with Crippen LogP contribution in [0.15, 0.2) is 6.20 Å². The summed E-state index contributed by atoms with van der Waals surface area (Å²) in [6, 6.07) is -0.482. The lowest BCUT2D eigenvalue weighted by molar-refractivity contribution is -0.124. The zero-order valence-electron chi connectivity index (χ0n) is 10.4. The highest BCUT2D eigenvalue weighted by molar-refractivity contribution is 5.88. The highest BCUT2D eigenvalue weighted by atomic mass is 16.4. The molecule has 0 saturated carbocycles. The van der Waals surface area contributed by atoms with E-state index in [4.69, 9.17) is 5.11 Å². The molecule has 1 amide bonds. The summed E-state index contributed by atoms with van der Waals surface area (Å²) in [5, 5.41) is 15.7. The summed E-state index contributed by atoms with van der Waals surface area (Å²) in [6.07, 6.45) is 1.38. The largest absolute Gasteiger partial charge is 0.478 e. The third kappa shape index (κ3) is 3.05. The summed E-state index contributed by atoms with van der Waals surface area (Å²) in [6.45, 7) is 7.01. The number of nitrogens with one attached hydrogen (secondary N) is 1. The normalized spacial score (nSPS) is 12.5. The van der Waals surface area contributed by atoms with E-state index in [2.05, 4.69) is 10.4 Å². The monoisotopic (exact) mass is 239 g/mol. The third-order valence-corrected chi connectivity index (χ3v) is 2.35. The fourth-order valence-electron chi connectivity index (χ4n) is 1.42. The molecule has 6 heteroatoms. The van der Waals surface area contributed by atoms with Gasteiger partial charge in [0.25, 0.3) is 0 Å². The summed E-state index contributed by atoms with van der Waals surface area (Å²) in [7, 11) is 0. The van der Waals surface area contributed by atoms with Gasteiger partial charge in [-0.2, -0.15) is 5.10 Å². The van der Waals surface area contributed by atoms with Crippen molar-refractivity contribution in [3.63, 3.8) is 0 Å². The van der Waals surface area contributed by atoms with Gasteiger partial charge in [0.2, 0.25) is 5.91 Å². The standard InChI is InChI=1S/C11H17N3O3/c1-6(2)12-10(15)8(4)14-5-9(11(16)17)7(3)13-14/h5-6,8H,1-4H3,(H,12,15)(H,16,17). The Balaban J connectivity index is 2.89. The van der Waals surface area contributed by atoms with Crippen molar-refractivity contribution in [2.45, 2.75) is 39.8 Å². The van der Waals surface area contributed by atoms with Gasteiger partial charge in [0.15, 0.2) is 0 Å². The Labute approximate surface area is 99.6 Å². The molecule has 94 valence electrons. The Morgan fingerprint density at radius 2 is 2.00 bits per heavy atom. The van der Waals surface area contributed by atoms with Crippen LogP contribution in [0.2, 0.25) is 0 Å². The van der Waals surface area contributed by atoms with Gasteiger partial charge in [0, 0.05) is 12.2 Å². The van der Waals surface area contributed by atoms with Gasteiger partial charge in [0.1, 0.15) is 11.6 Å². The molecule has 1 aromatic rings. The Morgan fingerprint density at radius 1 is 1.41 bits per heavy atom. The second-order valence-corrected chi connectivity index (χ2v) is 4.25. The molecule has 0 bridgehead atoms. The van der Waals surface area contributed by atoms with E-state index in [1.54, 1.807) is 13.8 Å². The van der Waals surface area contributed by atoms with Gasteiger partial charge >= 0.3 is 5.97 Å². The van der Waals surface area contributed by atoms with Gasteiger partial charge in [-0.15, -0.1) is 0 Å². The number of carboxylic acids is 1. The van der Waals surface area contributed by atoms with E-state index < -0.39 is 12.0 Å². The molecular weight excluding hydrogens is 222 g/mol. The molecule has 0 radical (unpaired) electrons. The topological polar surface area (TPSA) is 84.2 Å². The summed E-state index contributed by atoms with van der Waals surface area (Å²) in [5.74, 6) is -1.22. The van der Waals surface area contributed by atoms with Crippen LogP contribution in [0.25, 0.3) is 0 Å². The average molecular weight is 239 g/mol. The Hall–Kier alpha value is -1.85. The van der Waals surface area contributed by atoms with Gasteiger partial charge in [-0.3, -0.25) is 9.48 Å². The molecule has 17 heavy (non-hydrogen) atoms. The molecule has 0 aliphatic heterocycles. The number of hydrogen-bond acceptors (Lipinski definition) is 3. The van der Waals surface area contributed by atoms with Crippen LogP contribution >= 0.6 is 0 Å². The second kappa shape index (κ2) is 4.99. The van der Waals surface area contributed by atoms with Gasteiger partial charge in [-0.25, -0.2) is 4.79 Å². The predicted octanol–water partition coefficient (Wildman–Crippen LogP) is 0.975. The van der Waals surface area contributed by atoms with Crippen LogP contribution in [-0.4, -0.2) is 32.8 Å². The van der Waals surface area contributed by atoms with Gasteiger partial charge in [-0.05, 0) is 27.7 Å². The molecule has 0 fully saturated rings. The minimum Gasteiger partial charge on any atom is -0.478 e. The summed E-state index contributed by atoms with van der Waals surface area (Å²) < 4.78 is 1.37. The molecule has 2 N–H and O–H groups in total. The maximum Gasteiger partial charge on any atom is 0.339 e. The molecule has 1 heterocycles.